The van der Waals surface area contributed by atoms with Crippen molar-refractivity contribution in [2.24, 2.45) is 4.99 Å². The molecule has 1 N–H and O–H groups in total. The molecule has 0 saturated heterocycles. The Morgan fingerprint density at radius 1 is 1.42 bits per heavy atom. The van der Waals surface area contributed by atoms with Crippen LogP contribution in [0.2, 0.25) is 0 Å². The molecule has 0 radical (unpaired) electrons. The summed E-state index contributed by atoms with van der Waals surface area (Å²) in [5.41, 5.74) is 0.680. The highest BCUT2D eigenvalue weighted by Gasteiger charge is 2.23. The Labute approximate surface area is 109 Å². The van der Waals surface area contributed by atoms with Crippen LogP contribution in [-0.4, -0.2) is 30.1 Å². The molecule has 6 heteroatoms. The van der Waals surface area contributed by atoms with Crippen molar-refractivity contribution < 1.29 is 24.2 Å². The summed E-state index contributed by atoms with van der Waals surface area (Å²) in [5, 5.41) is 8.56. The molecule has 0 bridgehead atoms. The molecule has 0 fully saturated rings. The number of nitrogens with zero attached hydrogens (tertiary/aromatic N) is 1. The molecule has 1 heterocycles. The molecular weight excluding hydrogens is 250 g/mol. The fourth-order valence-electron chi connectivity index (χ4n) is 1.56. The number of ether oxygens (including phenoxy) is 2. The van der Waals surface area contributed by atoms with Crippen LogP contribution in [-0.2, 0) is 20.7 Å². The summed E-state index contributed by atoms with van der Waals surface area (Å²) in [6.07, 6.45) is 1.04. The largest absolute Gasteiger partial charge is 0.497 e. The van der Waals surface area contributed by atoms with Gasteiger partial charge in [-0.1, -0.05) is 12.1 Å². The summed E-state index contributed by atoms with van der Waals surface area (Å²) in [6, 6.07) is 7.18. The maximum atomic E-state index is 11.3. The highest BCUT2D eigenvalue weighted by Crippen LogP contribution is 2.16. The molecular formula is C13H11NO5. The van der Waals surface area contributed by atoms with Gasteiger partial charge in [0.05, 0.1) is 13.2 Å². The third kappa shape index (κ3) is 3.19. The zero-order valence-electron chi connectivity index (χ0n) is 10.1. The van der Waals surface area contributed by atoms with Crippen molar-refractivity contribution in [3.63, 3.8) is 0 Å². The van der Waals surface area contributed by atoms with E-state index in [2.05, 4.69) is 4.99 Å². The van der Waals surface area contributed by atoms with Gasteiger partial charge in [-0.15, -0.1) is 0 Å². The van der Waals surface area contributed by atoms with Gasteiger partial charge >= 0.3 is 11.9 Å². The number of carbonyl (C=O) groups excluding carboxylic acids is 1. The van der Waals surface area contributed by atoms with Gasteiger partial charge in [-0.05, 0) is 17.7 Å². The van der Waals surface area contributed by atoms with Gasteiger partial charge in [0.25, 0.3) is 0 Å². The molecule has 1 aromatic rings. The number of hydrogen-bond donors (Lipinski definition) is 1. The Morgan fingerprint density at radius 3 is 2.68 bits per heavy atom. The Balaban J connectivity index is 2.11. The van der Waals surface area contributed by atoms with Crippen LogP contribution in [0.3, 0.4) is 0 Å². The second kappa shape index (κ2) is 5.34. The monoisotopic (exact) mass is 261 g/mol. The average molecular weight is 261 g/mol. The lowest BCUT2D eigenvalue weighted by Crippen LogP contribution is -2.07. The van der Waals surface area contributed by atoms with Crippen LogP contribution in [0.25, 0.3) is 0 Å². The number of benzene rings is 1. The second-order valence-electron chi connectivity index (χ2n) is 3.79. The molecule has 6 nitrogen and oxygen atoms in total. The normalized spacial score (nSPS) is 16.2. The van der Waals surface area contributed by atoms with Crippen molar-refractivity contribution >= 4 is 17.8 Å². The molecule has 0 amide bonds. The van der Waals surface area contributed by atoms with Crippen LogP contribution in [0.5, 0.6) is 5.75 Å². The van der Waals surface area contributed by atoms with E-state index in [0.717, 1.165) is 17.4 Å². The minimum atomic E-state index is -1.23. The zero-order chi connectivity index (χ0) is 13.8. The number of carbonyl (C=O) groups is 2. The van der Waals surface area contributed by atoms with E-state index >= 15 is 0 Å². The Bertz CT molecular complexity index is 571. The van der Waals surface area contributed by atoms with E-state index < -0.39 is 11.9 Å². The summed E-state index contributed by atoms with van der Waals surface area (Å²) in [4.78, 5) is 25.6. The van der Waals surface area contributed by atoms with Crippen LogP contribution >= 0.6 is 0 Å². The molecule has 0 spiro atoms. The minimum absolute atomic E-state index is 0.183. The third-order valence-corrected chi connectivity index (χ3v) is 2.44. The predicted octanol–water partition coefficient (Wildman–Crippen LogP) is 1.16. The SMILES string of the molecule is COc1ccc(CC2=N/C(=C/C(=O)O)C(=O)O2)cc1. The first-order valence-electron chi connectivity index (χ1n) is 5.46. The van der Waals surface area contributed by atoms with Crippen LogP contribution in [0.1, 0.15) is 5.56 Å². The number of carboxylic acid groups (broad SMARTS) is 1. The zero-order valence-corrected chi connectivity index (χ0v) is 10.1. The maximum Gasteiger partial charge on any atom is 0.363 e. The van der Waals surface area contributed by atoms with Crippen molar-refractivity contribution in [3.05, 3.63) is 41.6 Å². The quantitative estimate of drug-likeness (QED) is 0.649. The van der Waals surface area contributed by atoms with Gasteiger partial charge < -0.3 is 14.6 Å². The van der Waals surface area contributed by atoms with Crippen molar-refractivity contribution in [1.82, 2.24) is 0 Å². The first kappa shape index (κ1) is 12.8. The van der Waals surface area contributed by atoms with E-state index in [-0.39, 0.29) is 11.6 Å². The van der Waals surface area contributed by atoms with E-state index in [9.17, 15) is 9.59 Å². The maximum absolute atomic E-state index is 11.3. The minimum Gasteiger partial charge on any atom is -0.497 e. The van der Waals surface area contributed by atoms with Gasteiger partial charge in [0, 0.05) is 6.42 Å². The van der Waals surface area contributed by atoms with Crippen LogP contribution < -0.4 is 4.74 Å². The molecule has 0 aromatic heterocycles. The van der Waals surface area contributed by atoms with E-state index in [0.29, 0.717) is 6.42 Å². The van der Waals surface area contributed by atoms with Crippen molar-refractivity contribution in [1.29, 1.82) is 0 Å². The molecule has 0 aliphatic carbocycles. The molecule has 1 aliphatic heterocycles. The lowest BCUT2D eigenvalue weighted by atomic mass is 10.1. The molecule has 2 rings (SSSR count). The van der Waals surface area contributed by atoms with Gasteiger partial charge in [0.2, 0.25) is 5.90 Å². The first-order valence-corrected chi connectivity index (χ1v) is 5.46. The smallest absolute Gasteiger partial charge is 0.363 e. The predicted molar refractivity (Wildman–Crippen MR) is 65.9 cm³/mol. The van der Waals surface area contributed by atoms with Gasteiger partial charge in [-0.25, -0.2) is 14.6 Å². The van der Waals surface area contributed by atoms with Crippen molar-refractivity contribution in [2.75, 3.05) is 7.11 Å². The molecule has 19 heavy (non-hydrogen) atoms. The summed E-state index contributed by atoms with van der Waals surface area (Å²) in [6.45, 7) is 0. The number of esters is 1. The number of aliphatic carboxylic acids is 1. The second-order valence-corrected chi connectivity index (χ2v) is 3.79. The van der Waals surface area contributed by atoms with Gasteiger partial charge in [-0.3, -0.25) is 0 Å². The van der Waals surface area contributed by atoms with E-state index in [1.165, 1.54) is 0 Å². The fourth-order valence-corrected chi connectivity index (χ4v) is 1.56. The van der Waals surface area contributed by atoms with Gasteiger partial charge in [-0.2, -0.15) is 0 Å². The van der Waals surface area contributed by atoms with E-state index in [1.54, 1.807) is 19.2 Å². The topological polar surface area (TPSA) is 85.2 Å². The summed E-state index contributed by atoms with van der Waals surface area (Å²) >= 11 is 0. The lowest BCUT2D eigenvalue weighted by Gasteiger charge is -2.02. The molecule has 0 saturated carbocycles. The Hall–Kier alpha value is -2.63. The summed E-state index contributed by atoms with van der Waals surface area (Å²) in [5.74, 6) is -1.07. The number of carboxylic acids is 1. The molecule has 0 unspecified atom stereocenters. The fraction of sp³-hybridized carbons (Fsp3) is 0.154. The molecule has 0 atom stereocenters. The van der Waals surface area contributed by atoms with Crippen LogP contribution in [0, 0.1) is 0 Å². The molecule has 1 aliphatic rings. The van der Waals surface area contributed by atoms with Crippen molar-refractivity contribution in [3.8, 4) is 5.75 Å². The van der Waals surface area contributed by atoms with Crippen LogP contribution in [0.4, 0.5) is 0 Å². The Morgan fingerprint density at radius 2 is 2.11 bits per heavy atom. The Kier molecular flexibility index (Phi) is 3.61. The first-order chi connectivity index (χ1) is 9.08. The van der Waals surface area contributed by atoms with E-state index in [1.807, 2.05) is 12.1 Å². The van der Waals surface area contributed by atoms with E-state index in [4.69, 9.17) is 14.6 Å². The van der Waals surface area contributed by atoms with Crippen LogP contribution in [0.15, 0.2) is 41.0 Å². The molecule has 98 valence electrons. The number of aliphatic imine (C=N–C) groups is 1. The van der Waals surface area contributed by atoms with Crippen molar-refractivity contribution in [2.45, 2.75) is 6.42 Å². The lowest BCUT2D eigenvalue weighted by molar-refractivity contribution is -0.133. The third-order valence-electron chi connectivity index (χ3n) is 2.44. The number of methoxy groups -OCH3 is 1. The van der Waals surface area contributed by atoms with Gasteiger partial charge in [0.1, 0.15) is 5.75 Å². The molecule has 1 aromatic carbocycles. The van der Waals surface area contributed by atoms with Gasteiger partial charge in [0.15, 0.2) is 5.70 Å². The number of hydrogen-bond acceptors (Lipinski definition) is 5. The summed E-state index contributed by atoms with van der Waals surface area (Å²) in [7, 11) is 1.57. The average Bonchev–Trinajstić information content (AvgIpc) is 2.70. The highest BCUT2D eigenvalue weighted by molar-refractivity contribution is 6.07. The number of cyclic esters (lactones) is 1. The standard InChI is InChI=1S/C13H11NO5/c1-18-9-4-2-8(3-5-9)6-11-14-10(7-12(15)16)13(17)19-11/h2-5,7H,6H2,1H3,(H,15,16)/b10-7+. The number of rotatable bonds is 4. The highest BCUT2D eigenvalue weighted by atomic mass is 16.6. The summed E-state index contributed by atoms with van der Waals surface area (Å²) < 4.78 is 9.91.